The molecular formula is C12H14F3NO. The fourth-order valence-corrected chi connectivity index (χ4v) is 1.98. The van der Waals surface area contributed by atoms with E-state index in [1.165, 1.54) is 0 Å². The van der Waals surface area contributed by atoms with Crippen molar-refractivity contribution in [1.29, 1.82) is 0 Å². The molecule has 1 aromatic carbocycles. The Balaban J connectivity index is 2.16. The molecule has 0 saturated carbocycles. The van der Waals surface area contributed by atoms with E-state index in [4.69, 9.17) is 10.5 Å². The van der Waals surface area contributed by atoms with E-state index < -0.39 is 18.6 Å². The molecule has 0 fully saturated rings. The minimum Gasteiger partial charge on any atom is -0.493 e. The van der Waals surface area contributed by atoms with Crippen LogP contribution in [0.15, 0.2) is 18.2 Å². The summed E-state index contributed by atoms with van der Waals surface area (Å²) in [5.41, 5.74) is 7.02. The third kappa shape index (κ3) is 3.12. The average molecular weight is 245 g/mol. The van der Waals surface area contributed by atoms with Crippen molar-refractivity contribution in [3.8, 4) is 5.75 Å². The SMILES string of the molecule is NC(CC(F)(F)F)c1ccc2c(c1)CCCO2. The molecule has 1 aliphatic heterocycles. The van der Waals surface area contributed by atoms with Crippen molar-refractivity contribution in [2.24, 2.45) is 5.73 Å². The van der Waals surface area contributed by atoms with Crippen LogP contribution in [0.3, 0.4) is 0 Å². The highest BCUT2D eigenvalue weighted by Gasteiger charge is 2.31. The Morgan fingerprint density at radius 1 is 1.35 bits per heavy atom. The number of hydrogen-bond donors (Lipinski definition) is 1. The quantitative estimate of drug-likeness (QED) is 0.869. The maximum Gasteiger partial charge on any atom is 0.390 e. The van der Waals surface area contributed by atoms with Gasteiger partial charge in [-0.25, -0.2) is 0 Å². The van der Waals surface area contributed by atoms with Gasteiger partial charge >= 0.3 is 6.18 Å². The first-order valence-electron chi connectivity index (χ1n) is 5.54. The van der Waals surface area contributed by atoms with Crippen LogP contribution in [-0.2, 0) is 6.42 Å². The molecule has 2 rings (SSSR count). The molecule has 1 heterocycles. The second-order valence-electron chi connectivity index (χ2n) is 4.24. The summed E-state index contributed by atoms with van der Waals surface area (Å²) in [7, 11) is 0. The highest BCUT2D eigenvalue weighted by molar-refractivity contribution is 5.39. The van der Waals surface area contributed by atoms with Crippen LogP contribution in [0, 0.1) is 0 Å². The van der Waals surface area contributed by atoms with Gasteiger partial charge in [-0.05, 0) is 30.0 Å². The number of fused-ring (bicyclic) bond motifs is 1. The summed E-state index contributed by atoms with van der Waals surface area (Å²) in [5, 5.41) is 0. The van der Waals surface area contributed by atoms with Crippen molar-refractivity contribution in [1.82, 2.24) is 0 Å². The minimum absolute atomic E-state index is 0.520. The van der Waals surface area contributed by atoms with Gasteiger partial charge in [-0.2, -0.15) is 13.2 Å². The predicted molar refractivity (Wildman–Crippen MR) is 57.9 cm³/mol. The third-order valence-corrected chi connectivity index (χ3v) is 2.81. The normalized spacial score (nSPS) is 17.2. The van der Waals surface area contributed by atoms with E-state index >= 15 is 0 Å². The largest absolute Gasteiger partial charge is 0.493 e. The highest BCUT2D eigenvalue weighted by atomic mass is 19.4. The Morgan fingerprint density at radius 2 is 2.12 bits per heavy atom. The van der Waals surface area contributed by atoms with E-state index in [-0.39, 0.29) is 0 Å². The van der Waals surface area contributed by atoms with Crippen LogP contribution in [0.1, 0.15) is 30.0 Å². The van der Waals surface area contributed by atoms with Gasteiger partial charge in [0.25, 0.3) is 0 Å². The number of benzene rings is 1. The number of alkyl halides is 3. The molecule has 94 valence electrons. The van der Waals surface area contributed by atoms with Crippen LogP contribution in [0.4, 0.5) is 13.2 Å². The zero-order valence-corrected chi connectivity index (χ0v) is 9.26. The van der Waals surface area contributed by atoms with Crippen LogP contribution >= 0.6 is 0 Å². The van der Waals surface area contributed by atoms with Crippen molar-refractivity contribution in [3.63, 3.8) is 0 Å². The first kappa shape index (κ1) is 12.2. The Hall–Kier alpha value is -1.23. The van der Waals surface area contributed by atoms with E-state index in [0.717, 1.165) is 24.2 Å². The summed E-state index contributed by atoms with van der Waals surface area (Å²) in [6, 6.07) is 4.05. The number of rotatable bonds is 2. The monoisotopic (exact) mass is 245 g/mol. The molecule has 2 N–H and O–H groups in total. The van der Waals surface area contributed by atoms with Gasteiger partial charge in [0.2, 0.25) is 0 Å². The number of halogens is 3. The topological polar surface area (TPSA) is 35.2 Å². The van der Waals surface area contributed by atoms with Gasteiger partial charge < -0.3 is 10.5 Å². The van der Waals surface area contributed by atoms with Gasteiger partial charge in [-0.15, -0.1) is 0 Å². The molecule has 0 saturated heterocycles. The molecule has 0 bridgehead atoms. The van der Waals surface area contributed by atoms with Crippen molar-refractivity contribution in [2.45, 2.75) is 31.5 Å². The highest BCUT2D eigenvalue weighted by Crippen LogP contribution is 2.31. The predicted octanol–water partition coefficient (Wildman–Crippen LogP) is 2.96. The molecule has 1 aromatic rings. The van der Waals surface area contributed by atoms with E-state index in [9.17, 15) is 13.2 Å². The fraction of sp³-hybridized carbons (Fsp3) is 0.500. The molecule has 17 heavy (non-hydrogen) atoms. The second kappa shape index (κ2) is 4.56. The smallest absolute Gasteiger partial charge is 0.390 e. The van der Waals surface area contributed by atoms with E-state index in [1.807, 2.05) is 0 Å². The molecule has 1 unspecified atom stereocenters. The summed E-state index contributed by atoms with van der Waals surface area (Å²) in [4.78, 5) is 0. The zero-order valence-electron chi connectivity index (χ0n) is 9.26. The van der Waals surface area contributed by atoms with Crippen LogP contribution in [0.5, 0.6) is 5.75 Å². The lowest BCUT2D eigenvalue weighted by Crippen LogP contribution is -2.20. The number of ether oxygens (including phenoxy) is 1. The Labute approximate surface area is 97.6 Å². The maximum atomic E-state index is 12.2. The zero-order chi connectivity index (χ0) is 12.5. The standard InChI is InChI=1S/C12H14F3NO/c13-12(14,15)7-10(16)8-3-4-11-9(6-8)2-1-5-17-11/h3-4,6,10H,1-2,5,7,16H2. The Kier molecular flexibility index (Phi) is 3.28. The lowest BCUT2D eigenvalue weighted by atomic mass is 9.98. The Bertz CT molecular complexity index is 403. The first-order valence-corrected chi connectivity index (χ1v) is 5.54. The van der Waals surface area contributed by atoms with E-state index in [2.05, 4.69) is 0 Å². The molecular weight excluding hydrogens is 231 g/mol. The van der Waals surface area contributed by atoms with Crippen molar-refractivity contribution < 1.29 is 17.9 Å². The lowest BCUT2D eigenvalue weighted by molar-refractivity contribution is -0.138. The van der Waals surface area contributed by atoms with E-state index in [0.29, 0.717) is 12.2 Å². The van der Waals surface area contributed by atoms with Gasteiger partial charge in [0.1, 0.15) is 5.75 Å². The molecule has 1 aliphatic rings. The molecule has 5 heteroatoms. The minimum atomic E-state index is -4.23. The van der Waals surface area contributed by atoms with Crippen LogP contribution in [-0.4, -0.2) is 12.8 Å². The number of hydrogen-bond acceptors (Lipinski definition) is 2. The summed E-state index contributed by atoms with van der Waals surface area (Å²) in [6.45, 7) is 0.668. The molecule has 1 atom stereocenters. The molecule has 0 aliphatic carbocycles. The van der Waals surface area contributed by atoms with Gasteiger partial charge in [0.15, 0.2) is 0 Å². The van der Waals surface area contributed by atoms with Crippen LogP contribution in [0.25, 0.3) is 0 Å². The van der Waals surface area contributed by atoms with Crippen molar-refractivity contribution in [2.75, 3.05) is 6.61 Å². The lowest BCUT2D eigenvalue weighted by Gasteiger charge is -2.20. The molecule has 0 amide bonds. The number of aryl methyl sites for hydroxylation is 1. The van der Waals surface area contributed by atoms with Crippen molar-refractivity contribution in [3.05, 3.63) is 29.3 Å². The molecule has 0 aromatic heterocycles. The molecule has 0 radical (unpaired) electrons. The van der Waals surface area contributed by atoms with Gasteiger partial charge in [0.05, 0.1) is 13.0 Å². The third-order valence-electron chi connectivity index (χ3n) is 2.81. The fourth-order valence-electron chi connectivity index (χ4n) is 1.98. The van der Waals surface area contributed by atoms with Crippen molar-refractivity contribution >= 4 is 0 Å². The summed E-state index contributed by atoms with van der Waals surface area (Å²) < 4.78 is 42.1. The van der Waals surface area contributed by atoms with Gasteiger partial charge in [-0.1, -0.05) is 12.1 Å². The first-order chi connectivity index (χ1) is 7.96. The average Bonchev–Trinajstić information content (AvgIpc) is 2.26. The number of nitrogens with two attached hydrogens (primary N) is 1. The summed E-state index contributed by atoms with van der Waals surface area (Å²) >= 11 is 0. The van der Waals surface area contributed by atoms with Crippen LogP contribution < -0.4 is 10.5 Å². The maximum absolute atomic E-state index is 12.2. The summed E-state index contributed by atoms with van der Waals surface area (Å²) in [5.74, 6) is 0.763. The molecule has 0 spiro atoms. The van der Waals surface area contributed by atoms with E-state index in [1.54, 1.807) is 18.2 Å². The Morgan fingerprint density at radius 3 is 2.82 bits per heavy atom. The van der Waals surface area contributed by atoms with Gasteiger partial charge in [0, 0.05) is 6.04 Å². The summed E-state index contributed by atoms with van der Waals surface area (Å²) in [6.07, 6.45) is -3.49. The molecule has 2 nitrogen and oxygen atoms in total. The van der Waals surface area contributed by atoms with Crippen LogP contribution in [0.2, 0.25) is 0 Å². The van der Waals surface area contributed by atoms with Gasteiger partial charge in [-0.3, -0.25) is 0 Å². The second-order valence-corrected chi connectivity index (χ2v) is 4.24.